The molecule has 2 atom stereocenters. The van der Waals surface area contributed by atoms with Crippen molar-refractivity contribution in [2.75, 3.05) is 20.3 Å². The fraction of sp³-hybridized carbons (Fsp3) is 0.524. The number of aromatic nitrogens is 1. The van der Waals surface area contributed by atoms with Gasteiger partial charge in [0, 0.05) is 24.6 Å². The number of morpholine rings is 1. The SMILES string of the molecule is COc1ccc2cc(CCC(=O)N3CCOC4CCCCC43)c(=O)[nH]c2c1. The van der Waals surface area contributed by atoms with Crippen LogP contribution in [0.2, 0.25) is 0 Å². The maximum absolute atomic E-state index is 12.8. The van der Waals surface area contributed by atoms with Crippen LogP contribution < -0.4 is 10.3 Å². The number of hydrogen-bond acceptors (Lipinski definition) is 4. The first-order valence-corrected chi connectivity index (χ1v) is 9.77. The molecule has 1 saturated heterocycles. The second-order valence-electron chi connectivity index (χ2n) is 7.43. The van der Waals surface area contributed by atoms with Crippen LogP contribution in [-0.2, 0) is 16.0 Å². The molecule has 6 nitrogen and oxygen atoms in total. The molecule has 1 N–H and O–H groups in total. The van der Waals surface area contributed by atoms with E-state index < -0.39 is 0 Å². The number of hydrogen-bond donors (Lipinski definition) is 1. The highest BCUT2D eigenvalue weighted by Gasteiger charge is 2.36. The summed E-state index contributed by atoms with van der Waals surface area (Å²) in [6.07, 6.45) is 5.40. The van der Waals surface area contributed by atoms with E-state index in [4.69, 9.17) is 9.47 Å². The van der Waals surface area contributed by atoms with Gasteiger partial charge >= 0.3 is 0 Å². The minimum atomic E-state index is -0.138. The van der Waals surface area contributed by atoms with Crippen LogP contribution >= 0.6 is 0 Å². The van der Waals surface area contributed by atoms with Crippen molar-refractivity contribution < 1.29 is 14.3 Å². The third-order valence-corrected chi connectivity index (χ3v) is 5.79. The molecular formula is C21H26N2O4. The van der Waals surface area contributed by atoms with Crippen molar-refractivity contribution in [1.29, 1.82) is 0 Å². The Balaban J connectivity index is 1.47. The lowest BCUT2D eigenvalue weighted by Gasteiger charge is -2.43. The van der Waals surface area contributed by atoms with Gasteiger partial charge in [-0.05, 0) is 42.8 Å². The van der Waals surface area contributed by atoms with Crippen molar-refractivity contribution in [2.45, 2.75) is 50.7 Å². The van der Waals surface area contributed by atoms with Gasteiger partial charge in [-0.25, -0.2) is 0 Å². The maximum atomic E-state index is 12.8. The first-order valence-electron chi connectivity index (χ1n) is 9.77. The van der Waals surface area contributed by atoms with Gasteiger partial charge in [-0.3, -0.25) is 9.59 Å². The number of carbonyl (C=O) groups excluding carboxylic acids is 1. The Morgan fingerprint density at radius 2 is 2.15 bits per heavy atom. The summed E-state index contributed by atoms with van der Waals surface area (Å²) in [5, 5.41) is 0.941. The van der Waals surface area contributed by atoms with Crippen molar-refractivity contribution in [3.05, 3.63) is 40.2 Å². The van der Waals surface area contributed by atoms with Gasteiger partial charge in [-0.1, -0.05) is 12.8 Å². The van der Waals surface area contributed by atoms with Gasteiger partial charge in [0.25, 0.3) is 5.56 Å². The van der Waals surface area contributed by atoms with E-state index in [1.54, 1.807) is 7.11 Å². The number of fused-ring (bicyclic) bond motifs is 2. The summed E-state index contributed by atoms with van der Waals surface area (Å²) in [5.74, 6) is 0.833. The summed E-state index contributed by atoms with van der Waals surface area (Å²) in [7, 11) is 1.60. The number of aryl methyl sites for hydroxylation is 1. The Labute approximate surface area is 158 Å². The first kappa shape index (κ1) is 18.0. The topological polar surface area (TPSA) is 71.6 Å². The highest BCUT2D eigenvalue weighted by molar-refractivity contribution is 5.81. The predicted molar refractivity (Wildman–Crippen MR) is 103 cm³/mol. The second-order valence-corrected chi connectivity index (χ2v) is 7.43. The number of carbonyl (C=O) groups is 1. The van der Waals surface area contributed by atoms with E-state index in [-0.39, 0.29) is 23.6 Å². The number of nitrogens with one attached hydrogen (secondary N) is 1. The van der Waals surface area contributed by atoms with Gasteiger partial charge < -0.3 is 19.4 Å². The number of rotatable bonds is 4. The number of aromatic amines is 1. The number of H-pyrrole nitrogens is 1. The standard InChI is InChI=1S/C21H26N2O4/c1-26-16-8-6-14-12-15(21(25)22-17(14)13-16)7-9-20(24)23-10-11-27-19-5-3-2-4-18(19)23/h6,8,12-13,18-19H,2-5,7,9-11H2,1H3,(H,22,25). The second kappa shape index (κ2) is 7.72. The molecule has 0 radical (unpaired) electrons. The highest BCUT2D eigenvalue weighted by Crippen LogP contribution is 2.29. The molecule has 1 aromatic heterocycles. The summed E-state index contributed by atoms with van der Waals surface area (Å²) < 4.78 is 11.1. The molecule has 2 aromatic rings. The number of pyridine rings is 1. The molecular weight excluding hydrogens is 344 g/mol. The third kappa shape index (κ3) is 3.72. The van der Waals surface area contributed by atoms with Gasteiger partial charge in [0.15, 0.2) is 0 Å². The Kier molecular flexibility index (Phi) is 5.16. The molecule has 2 fully saturated rings. The van der Waals surface area contributed by atoms with Crippen LogP contribution in [0.15, 0.2) is 29.1 Å². The molecule has 1 aromatic carbocycles. The summed E-state index contributed by atoms with van der Waals surface area (Å²) in [6, 6.07) is 7.69. The zero-order chi connectivity index (χ0) is 18.8. The van der Waals surface area contributed by atoms with E-state index in [0.29, 0.717) is 37.3 Å². The van der Waals surface area contributed by atoms with E-state index in [1.807, 2.05) is 29.2 Å². The molecule has 0 bridgehead atoms. The zero-order valence-corrected chi connectivity index (χ0v) is 15.7. The largest absolute Gasteiger partial charge is 0.497 e. The molecule has 2 aliphatic rings. The molecule has 2 heterocycles. The normalized spacial score (nSPS) is 22.5. The Bertz CT molecular complexity index is 889. The van der Waals surface area contributed by atoms with Crippen molar-refractivity contribution >= 4 is 16.8 Å². The number of benzene rings is 1. The number of amides is 1. The number of methoxy groups -OCH3 is 1. The minimum absolute atomic E-state index is 0.129. The molecule has 2 unspecified atom stereocenters. The molecule has 1 aliphatic heterocycles. The van der Waals surface area contributed by atoms with E-state index >= 15 is 0 Å². The first-order chi connectivity index (χ1) is 13.2. The molecule has 144 valence electrons. The van der Waals surface area contributed by atoms with Crippen LogP contribution in [0.4, 0.5) is 0 Å². The quantitative estimate of drug-likeness (QED) is 0.898. The molecule has 27 heavy (non-hydrogen) atoms. The highest BCUT2D eigenvalue weighted by atomic mass is 16.5. The monoisotopic (exact) mass is 370 g/mol. The Morgan fingerprint density at radius 1 is 1.30 bits per heavy atom. The molecule has 6 heteroatoms. The van der Waals surface area contributed by atoms with E-state index in [2.05, 4.69) is 4.98 Å². The van der Waals surface area contributed by atoms with Gasteiger partial charge in [0.05, 0.1) is 31.4 Å². The van der Waals surface area contributed by atoms with Crippen LogP contribution in [0.25, 0.3) is 10.9 Å². The number of nitrogens with zero attached hydrogens (tertiary/aromatic N) is 1. The molecule has 0 spiro atoms. The fourth-order valence-corrected chi connectivity index (χ4v) is 4.33. The summed E-state index contributed by atoms with van der Waals surface area (Å²) in [6.45, 7) is 1.28. The van der Waals surface area contributed by atoms with E-state index in [9.17, 15) is 9.59 Å². The van der Waals surface area contributed by atoms with Crippen LogP contribution in [0.5, 0.6) is 5.75 Å². The Morgan fingerprint density at radius 3 is 3.00 bits per heavy atom. The van der Waals surface area contributed by atoms with Gasteiger partial charge in [0.1, 0.15) is 5.75 Å². The Hall–Kier alpha value is -2.34. The number of ether oxygens (including phenoxy) is 2. The van der Waals surface area contributed by atoms with Crippen LogP contribution in [0, 0.1) is 0 Å². The summed E-state index contributed by atoms with van der Waals surface area (Å²) >= 11 is 0. The average molecular weight is 370 g/mol. The lowest BCUT2D eigenvalue weighted by atomic mass is 9.90. The molecule has 1 saturated carbocycles. The van der Waals surface area contributed by atoms with Crippen LogP contribution in [0.3, 0.4) is 0 Å². The van der Waals surface area contributed by atoms with Crippen molar-refractivity contribution in [3.8, 4) is 5.75 Å². The smallest absolute Gasteiger partial charge is 0.251 e. The molecule has 1 amide bonds. The van der Waals surface area contributed by atoms with Crippen molar-refractivity contribution in [1.82, 2.24) is 9.88 Å². The molecule has 1 aliphatic carbocycles. The summed E-state index contributed by atoms with van der Waals surface area (Å²) in [5.41, 5.74) is 1.25. The van der Waals surface area contributed by atoms with Crippen molar-refractivity contribution in [2.24, 2.45) is 0 Å². The molecule has 4 rings (SSSR count). The van der Waals surface area contributed by atoms with Gasteiger partial charge in [-0.2, -0.15) is 0 Å². The summed E-state index contributed by atoms with van der Waals surface area (Å²) in [4.78, 5) is 30.1. The lowest BCUT2D eigenvalue weighted by molar-refractivity contribution is -0.149. The minimum Gasteiger partial charge on any atom is -0.497 e. The average Bonchev–Trinajstić information content (AvgIpc) is 2.71. The van der Waals surface area contributed by atoms with E-state index in [1.165, 1.54) is 6.42 Å². The zero-order valence-electron chi connectivity index (χ0n) is 15.7. The van der Waals surface area contributed by atoms with E-state index in [0.717, 1.165) is 30.2 Å². The van der Waals surface area contributed by atoms with Gasteiger partial charge in [0.2, 0.25) is 5.91 Å². The maximum Gasteiger partial charge on any atom is 0.251 e. The fourth-order valence-electron chi connectivity index (χ4n) is 4.33. The van der Waals surface area contributed by atoms with Crippen molar-refractivity contribution in [3.63, 3.8) is 0 Å². The van der Waals surface area contributed by atoms with Gasteiger partial charge in [-0.15, -0.1) is 0 Å². The van der Waals surface area contributed by atoms with Crippen LogP contribution in [-0.4, -0.2) is 48.2 Å². The third-order valence-electron chi connectivity index (χ3n) is 5.79. The lowest BCUT2D eigenvalue weighted by Crippen LogP contribution is -2.54. The van der Waals surface area contributed by atoms with Crippen LogP contribution in [0.1, 0.15) is 37.7 Å². The predicted octanol–water partition coefficient (Wildman–Crippen LogP) is 2.64.